The molecule has 0 bridgehead atoms. The van der Waals surface area contributed by atoms with E-state index in [1.807, 2.05) is 18.7 Å². The molecule has 0 aliphatic carbocycles. The van der Waals surface area contributed by atoms with Gasteiger partial charge in [0.2, 0.25) is 0 Å². The summed E-state index contributed by atoms with van der Waals surface area (Å²) in [6, 6.07) is 0. The Kier molecular flexibility index (Phi) is 8.87. The van der Waals surface area contributed by atoms with Crippen molar-refractivity contribution in [2.45, 2.75) is 41.0 Å². The van der Waals surface area contributed by atoms with Crippen molar-refractivity contribution in [1.82, 2.24) is 4.90 Å². The summed E-state index contributed by atoms with van der Waals surface area (Å²) < 4.78 is 0. The molecule has 1 rings (SSSR count). The molecule has 0 radical (unpaired) electrons. The third-order valence-electron chi connectivity index (χ3n) is 2.13. The van der Waals surface area contributed by atoms with Gasteiger partial charge in [-0.3, -0.25) is 5.41 Å². The van der Waals surface area contributed by atoms with Crippen molar-refractivity contribution >= 4 is 6.34 Å². The van der Waals surface area contributed by atoms with Crippen LogP contribution in [0.5, 0.6) is 0 Å². The second-order valence-electron chi connectivity index (χ2n) is 2.86. The van der Waals surface area contributed by atoms with Gasteiger partial charge in [0, 0.05) is 12.2 Å². The van der Waals surface area contributed by atoms with Crippen LogP contribution >= 0.6 is 0 Å². The van der Waals surface area contributed by atoms with E-state index in [1.54, 1.807) is 0 Å². The largest absolute Gasteiger partial charge is 0.337 e. The van der Waals surface area contributed by atoms with Gasteiger partial charge in [-0.15, -0.1) is 0 Å². The Morgan fingerprint density at radius 2 is 2.08 bits per heavy atom. The first-order valence-corrected chi connectivity index (χ1v) is 4.71. The fourth-order valence-electron chi connectivity index (χ4n) is 1.31. The highest BCUT2D eigenvalue weighted by molar-refractivity contribution is 5.54. The summed E-state index contributed by atoms with van der Waals surface area (Å²) in [5.41, 5.74) is 1.10. The van der Waals surface area contributed by atoms with Crippen molar-refractivity contribution in [2.75, 3.05) is 6.54 Å². The van der Waals surface area contributed by atoms with E-state index in [9.17, 15) is 0 Å². The van der Waals surface area contributed by atoms with Crippen LogP contribution in [0.1, 0.15) is 41.0 Å². The van der Waals surface area contributed by atoms with E-state index in [2.05, 4.69) is 13.5 Å². The quantitative estimate of drug-likeness (QED) is 0.490. The van der Waals surface area contributed by atoms with Crippen LogP contribution in [0.15, 0.2) is 12.3 Å². The molecule has 0 aromatic heterocycles. The zero-order valence-electron chi connectivity index (χ0n) is 8.43. The Morgan fingerprint density at radius 1 is 1.54 bits per heavy atom. The summed E-state index contributed by atoms with van der Waals surface area (Å²) in [4.78, 5) is 1.92. The monoisotopic (exact) mass is 184 g/mol. The van der Waals surface area contributed by atoms with Gasteiger partial charge in [-0.05, 0) is 18.8 Å². The number of nitrogens with zero attached hydrogens (tertiary/aromatic N) is 1. The fourth-order valence-corrected chi connectivity index (χ4v) is 1.31. The lowest BCUT2D eigenvalue weighted by molar-refractivity contribution is 0.354. The van der Waals surface area contributed by atoms with Gasteiger partial charge in [-0.2, -0.15) is 0 Å². The van der Waals surface area contributed by atoms with Crippen molar-refractivity contribution < 1.29 is 0 Å². The van der Waals surface area contributed by atoms with Crippen LogP contribution in [0.2, 0.25) is 0 Å². The molecule has 13 heavy (non-hydrogen) atoms. The van der Waals surface area contributed by atoms with E-state index in [0.717, 1.165) is 12.2 Å². The van der Waals surface area contributed by atoms with E-state index in [4.69, 9.17) is 5.41 Å². The minimum Gasteiger partial charge on any atom is -0.337 e. The maximum absolute atomic E-state index is 7.06. The first-order chi connectivity index (χ1) is 5.75. The highest BCUT2D eigenvalue weighted by Crippen LogP contribution is 2.23. The number of piperidine rings is 1. The minimum absolute atomic E-state index is 0. The number of nitrogens with one attached hydrogen (secondary N) is 1. The third kappa shape index (κ3) is 4.11. The van der Waals surface area contributed by atoms with Crippen molar-refractivity contribution in [3.8, 4) is 0 Å². The second-order valence-corrected chi connectivity index (χ2v) is 2.86. The molecule has 0 aromatic carbocycles. The minimum atomic E-state index is 0. The van der Waals surface area contributed by atoms with Gasteiger partial charge in [0.1, 0.15) is 0 Å². The summed E-state index contributed by atoms with van der Waals surface area (Å²) in [5.74, 6) is 0.565. The number of hydrogen-bond acceptors (Lipinski definition) is 1. The molecule has 1 heterocycles. The summed E-state index contributed by atoms with van der Waals surface area (Å²) in [6.45, 7) is 11.1. The predicted molar refractivity (Wildman–Crippen MR) is 61.1 cm³/mol. The van der Waals surface area contributed by atoms with Crippen LogP contribution in [0.25, 0.3) is 0 Å². The van der Waals surface area contributed by atoms with E-state index in [1.165, 1.54) is 19.2 Å². The third-order valence-corrected chi connectivity index (χ3v) is 2.13. The fraction of sp³-hybridized carbons (Fsp3) is 0.727. The highest BCUT2D eigenvalue weighted by atomic mass is 15.1. The molecular weight excluding hydrogens is 160 g/mol. The van der Waals surface area contributed by atoms with Crippen LogP contribution in [0, 0.1) is 11.3 Å². The molecule has 1 fully saturated rings. The SMILES string of the molecule is C.C=C1C(C)CCCN1C=N.CC. The maximum Gasteiger partial charge on any atom is 0.0859 e. The van der Waals surface area contributed by atoms with E-state index in [0.29, 0.717) is 5.92 Å². The standard InChI is InChI=1S/C8H14N2.C2H6.CH4/c1-7-4-3-5-10(6-9)8(7)2;1-2;/h6-7,9H,2-5H2,1H3;1-2H3;1H4. The van der Waals surface area contributed by atoms with Gasteiger partial charge < -0.3 is 4.90 Å². The van der Waals surface area contributed by atoms with Gasteiger partial charge in [0.15, 0.2) is 0 Å². The van der Waals surface area contributed by atoms with Crippen molar-refractivity contribution in [3.63, 3.8) is 0 Å². The second kappa shape index (κ2) is 7.84. The first kappa shape index (κ1) is 14.7. The van der Waals surface area contributed by atoms with E-state index >= 15 is 0 Å². The van der Waals surface area contributed by atoms with Gasteiger partial charge in [-0.1, -0.05) is 34.8 Å². The lowest BCUT2D eigenvalue weighted by atomic mass is 9.97. The van der Waals surface area contributed by atoms with E-state index < -0.39 is 0 Å². The summed E-state index contributed by atoms with van der Waals surface area (Å²) >= 11 is 0. The van der Waals surface area contributed by atoms with Crippen LogP contribution in [-0.4, -0.2) is 17.8 Å². The molecule has 1 saturated heterocycles. The Bertz CT molecular complexity index is 152. The summed E-state index contributed by atoms with van der Waals surface area (Å²) in [5, 5.41) is 7.06. The molecule has 0 amide bonds. The first-order valence-electron chi connectivity index (χ1n) is 4.71. The molecule has 1 aliphatic rings. The number of allylic oxidation sites excluding steroid dienone is 1. The lowest BCUT2D eigenvalue weighted by Crippen LogP contribution is -2.29. The lowest BCUT2D eigenvalue weighted by Gasteiger charge is -2.31. The highest BCUT2D eigenvalue weighted by Gasteiger charge is 2.17. The molecule has 0 spiro atoms. The zero-order chi connectivity index (χ0) is 9.56. The average molecular weight is 184 g/mol. The summed E-state index contributed by atoms with van der Waals surface area (Å²) in [7, 11) is 0. The number of hydrogen-bond donors (Lipinski definition) is 1. The van der Waals surface area contributed by atoms with E-state index in [-0.39, 0.29) is 7.43 Å². The average Bonchev–Trinajstić information content (AvgIpc) is 2.13. The summed E-state index contributed by atoms with van der Waals surface area (Å²) in [6.07, 6.45) is 3.79. The number of rotatable bonds is 1. The predicted octanol–water partition coefficient (Wildman–Crippen LogP) is 3.50. The van der Waals surface area contributed by atoms with Gasteiger partial charge >= 0.3 is 0 Å². The Morgan fingerprint density at radius 3 is 2.46 bits per heavy atom. The Balaban J connectivity index is 0. The van der Waals surface area contributed by atoms with Gasteiger partial charge in [0.25, 0.3) is 0 Å². The van der Waals surface area contributed by atoms with Crippen molar-refractivity contribution in [3.05, 3.63) is 12.3 Å². The topological polar surface area (TPSA) is 27.1 Å². The molecule has 78 valence electrons. The zero-order valence-corrected chi connectivity index (χ0v) is 8.43. The van der Waals surface area contributed by atoms with Crippen LogP contribution in [-0.2, 0) is 0 Å². The van der Waals surface area contributed by atoms with Crippen molar-refractivity contribution in [2.24, 2.45) is 5.92 Å². The Hall–Kier alpha value is -0.790. The molecule has 1 atom stereocenters. The van der Waals surface area contributed by atoms with Crippen LogP contribution < -0.4 is 0 Å². The number of likely N-dealkylation sites (tertiary alicyclic amines) is 1. The van der Waals surface area contributed by atoms with Crippen molar-refractivity contribution in [1.29, 1.82) is 5.41 Å². The molecule has 1 N–H and O–H groups in total. The molecule has 2 heteroatoms. The van der Waals surface area contributed by atoms with Gasteiger partial charge in [0.05, 0.1) is 6.34 Å². The molecule has 1 unspecified atom stereocenters. The van der Waals surface area contributed by atoms with Gasteiger partial charge in [-0.25, -0.2) is 0 Å². The van der Waals surface area contributed by atoms with Crippen LogP contribution in [0.4, 0.5) is 0 Å². The molecule has 2 nitrogen and oxygen atoms in total. The maximum atomic E-state index is 7.06. The Labute approximate surface area is 83.2 Å². The normalized spacial score (nSPS) is 21.0. The molecular formula is C11H24N2. The molecule has 0 aromatic rings. The molecule has 1 aliphatic heterocycles. The smallest absolute Gasteiger partial charge is 0.0859 e. The molecule has 0 saturated carbocycles. The van der Waals surface area contributed by atoms with Crippen LogP contribution in [0.3, 0.4) is 0 Å².